The number of halogens is 1. The van der Waals surface area contributed by atoms with Gasteiger partial charge >= 0.3 is 0 Å². The summed E-state index contributed by atoms with van der Waals surface area (Å²) in [5.41, 5.74) is 12.3. The number of anilines is 2. The zero-order valence-electron chi connectivity index (χ0n) is 18.3. The minimum atomic E-state index is 0.109. The largest absolute Gasteiger partial charge is 0.507 e. The van der Waals surface area contributed by atoms with E-state index in [1.807, 2.05) is 7.05 Å². The number of fused-ring (bicyclic) bond motifs is 1. The number of nitrogens with zero attached hydrogens (tertiary/aromatic N) is 3. The van der Waals surface area contributed by atoms with Crippen LogP contribution in [0.1, 0.15) is 23.1 Å². The van der Waals surface area contributed by atoms with Gasteiger partial charge in [0.2, 0.25) is 0 Å². The van der Waals surface area contributed by atoms with E-state index in [1.54, 1.807) is 32.3 Å². The molecule has 1 atom stereocenters. The Bertz CT molecular complexity index is 1190. The molecule has 0 bridgehead atoms. The second-order valence-electron chi connectivity index (χ2n) is 8.15. The van der Waals surface area contributed by atoms with Crippen LogP contribution >= 0.6 is 11.6 Å². The number of hydrogen-bond acceptors (Lipinski definition) is 6. The number of hydrogen-bond donors (Lipinski definition) is 3. The molecule has 4 rings (SSSR count). The maximum absolute atomic E-state index is 10.8. The molecule has 1 aliphatic heterocycles. The van der Waals surface area contributed by atoms with Crippen molar-refractivity contribution in [1.29, 1.82) is 0 Å². The lowest BCUT2D eigenvalue weighted by Crippen LogP contribution is -2.29. The van der Waals surface area contributed by atoms with E-state index in [-0.39, 0.29) is 5.75 Å². The van der Waals surface area contributed by atoms with Gasteiger partial charge in [0.1, 0.15) is 5.75 Å². The molecule has 0 radical (unpaired) electrons. The summed E-state index contributed by atoms with van der Waals surface area (Å²) in [6.07, 6.45) is 2.80. The normalized spacial score (nSPS) is 16.7. The van der Waals surface area contributed by atoms with Gasteiger partial charge in [-0.3, -0.25) is 4.99 Å². The van der Waals surface area contributed by atoms with Gasteiger partial charge in [-0.05, 0) is 57.1 Å². The molecule has 31 heavy (non-hydrogen) atoms. The number of phenolic OH excluding ortho intramolecular Hbond substituents is 1. The Morgan fingerprint density at radius 2 is 2.06 bits per heavy atom. The van der Waals surface area contributed by atoms with E-state index in [0.717, 1.165) is 41.5 Å². The first-order valence-corrected chi connectivity index (χ1v) is 10.8. The predicted octanol–water partition coefficient (Wildman–Crippen LogP) is 4.31. The fraction of sp³-hybridized carbons (Fsp3) is 0.333. The van der Waals surface area contributed by atoms with Gasteiger partial charge in [-0.2, -0.15) is 0 Å². The number of benzene rings is 2. The molecule has 0 spiro atoms. The molecule has 1 aromatic heterocycles. The summed E-state index contributed by atoms with van der Waals surface area (Å²) >= 11 is 6.72. The van der Waals surface area contributed by atoms with Crippen LogP contribution in [0, 0.1) is 13.8 Å². The number of aromatic hydroxyl groups is 1. The van der Waals surface area contributed by atoms with Crippen molar-refractivity contribution in [3.63, 3.8) is 0 Å². The second kappa shape index (κ2) is 8.36. The van der Waals surface area contributed by atoms with Crippen LogP contribution < -0.4 is 16.0 Å². The first-order chi connectivity index (χ1) is 14.8. The Morgan fingerprint density at radius 1 is 1.29 bits per heavy atom. The first-order valence-electron chi connectivity index (χ1n) is 10.4. The summed E-state index contributed by atoms with van der Waals surface area (Å²) in [5, 5.41) is 15.6. The molecule has 0 amide bonds. The van der Waals surface area contributed by atoms with Gasteiger partial charge < -0.3 is 21.1 Å². The molecular formula is C24H28ClN5O. The zero-order chi connectivity index (χ0) is 22.3. The molecule has 1 fully saturated rings. The molecule has 1 saturated heterocycles. The Kier molecular flexibility index (Phi) is 5.77. The average Bonchev–Trinajstić information content (AvgIpc) is 3.22. The van der Waals surface area contributed by atoms with E-state index in [0.29, 0.717) is 33.6 Å². The average molecular weight is 438 g/mol. The number of aliphatic imine (C=N–C) groups is 1. The van der Waals surface area contributed by atoms with Crippen molar-refractivity contribution >= 4 is 40.1 Å². The van der Waals surface area contributed by atoms with Crippen molar-refractivity contribution in [2.45, 2.75) is 26.3 Å². The summed E-state index contributed by atoms with van der Waals surface area (Å²) in [6.45, 7) is 5.88. The molecule has 3 aromatic rings. The van der Waals surface area contributed by atoms with Gasteiger partial charge in [0.05, 0.1) is 16.2 Å². The highest BCUT2D eigenvalue weighted by Crippen LogP contribution is 2.39. The molecule has 2 aromatic carbocycles. The Hall–Kier alpha value is -2.83. The minimum Gasteiger partial charge on any atom is -0.507 e. The van der Waals surface area contributed by atoms with Crippen molar-refractivity contribution in [3.8, 4) is 17.0 Å². The molecule has 2 heterocycles. The molecule has 1 aliphatic rings. The standard InChI is InChI=1S/C24H28ClN5O/c1-13-7-20-17(9-22(13)30-6-5-16(12-30)28-4)19(25)10-21(29-20)18-8-15(11-27-3)23(26)14(2)24(18)31/h7-11,16,28,31H,5-6,12,26H2,1-4H3. The number of nitrogens with one attached hydrogen (secondary N) is 1. The maximum Gasteiger partial charge on any atom is 0.129 e. The smallest absolute Gasteiger partial charge is 0.129 e. The topological polar surface area (TPSA) is 86.8 Å². The van der Waals surface area contributed by atoms with E-state index in [4.69, 9.17) is 22.3 Å². The Morgan fingerprint density at radius 3 is 2.74 bits per heavy atom. The molecular weight excluding hydrogens is 410 g/mol. The van der Waals surface area contributed by atoms with E-state index < -0.39 is 0 Å². The monoisotopic (exact) mass is 437 g/mol. The third-order valence-corrected chi connectivity index (χ3v) is 6.50. The Balaban J connectivity index is 1.83. The highest BCUT2D eigenvalue weighted by molar-refractivity contribution is 6.35. The first kappa shape index (κ1) is 21.4. The summed E-state index contributed by atoms with van der Waals surface area (Å²) in [7, 11) is 3.70. The van der Waals surface area contributed by atoms with Crippen molar-refractivity contribution in [2.24, 2.45) is 4.99 Å². The van der Waals surface area contributed by atoms with E-state index in [2.05, 4.69) is 34.3 Å². The quantitative estimate of drug-likeness (QED) is 0.418. The van der Waals surface area contributed by atoms with Crippen LogP contribution in [0.2, 0.25) is 5.02 Å². The van der Waals surface area contributed by atoms with Gasteiger partial charge in [-0.15, -0.1) is 0 Å². The van der Waals surface area contributed by atoms with Crippen LogP contribution in [0.5, 0.6) is 5.75 Å². The zero-order valence-corrected chi connectivity index (χ0v) is 19.1. The van der Waals surface area contributed by atoms with Gasteiger partial charge in [-0.25, -0.2) is 4.98 Å². The highest BCUT2D eigenvalue weighted by Gasteiger charge is 2.23. The van der Waals surface area contributed by atoms with Crippen molar-refractivity contribution in [2.75, 3.05) is 37.8 Å². The summed E-state index contributed by atoms with van der Waals surface area (Å²) in [4.78, 5) is 11.3. The molecule has 4 N–H and O–H groups in total. The maximum atomic E-state index is 10.8. The lowest BCUT2D eigenvalue weighted by molar-refractivity contribution is 0.473. The summed E-state index contributed by atoms with van der Waals surface area (Å²) in [6, 6.07) is 8.32. The van der Waals surface area contributed by atoms with Crippen LogP contribution in [0.4, 0.5) is 11.4 Å². The number of phenols is 1. The number of aromatic nitrogens is 1. The molecule has 6 nitrogen and oxygen atoms in total. The fourth-order valence-electron chi connectivity index (χ4n) is 4.31. The van der Waals surface area contributed by atoms with Crippen LogP contribution in [0.3, 0.4) is 0 Å². The third-order valence-electron chi connectivity index (χ3n) is 6.18. The van der Waals surface area contributed by atoms with Crippen LogP contribution in [-0.2, 0) is 0 Å². The second-order valence-corrected chi connectivity index (χ2v) is 8.56. The molecule has 7 heteroatoms. The number of aryl methyl sites for hydroxylation is 1. The van der Waals surface area contributed by atoms with E-state index in [9.17, 15) is 5.11 Å². The minimum absolute atomic E-state index is 0.109. The van der Waals surface area contributed by atoms with Gasteiger partial charge in [0.25, 0.3) is 0 Å². The van der Waals surface area contributed by atoms with Crippen LogP contribution in [0.15, 0.2) is 29.3 Å². The predicted molar refractivity (Wildman–Crippen MR) is 131 cm³/mol. The van der Waals surface area contributed by atoms with Crippen molar-refractivity contribution in [1.82, 2.24) is 10.3 Å². The number of likely N-dealkylation sites (N-methyl/N-ethyl adjacent to an activating group) is 1. The van der Waals surface area contributed by atoms with E-state index in [1.165, 1.54) is 5.69 Å². The van der Waals surface area contributed by atoms with Gasteiger partial charge in [-0.1, -0.05) is 11.6 Å². The SMILES string of the molecule is CN=Cc1cc(-c2cc(Cl)c3cc(N4CCC(NC)C4)c(C)cc3n2)c(O)c(C)c1N. The number of nitrogen functional groups attached to an aromatic ring is 1. The highest BCUT2D eigenvalue weighted by atomic mass is 35.5. The molecule has 162 valence electrons. The molecule has 0 aliphatic carbocycles. The summed E-state index contributed by atoms with van der Waals surface area (Å²) in [5.74, 6) is 0.109. The summed E-state index contributed by atoms with van der Waals surface area (Å²) < 4.78 is 0. The van der Waals surface area contributed by atoms with Crippen molar-refractivity contribution < 1.29 is 5.11 Å². The lowest BCUT2D eigenvalue weighted by atomic mass is 9.99. The van der Waals surface area contributed by atoms with E-state index >= 15 is 0 Å². The van der Waals surface area contributed by atoms with Gasteiger partial charge in [0, 0.05) is 65.8 Å². The fourth-order valence-corrected chi connectivity index (χ4v) is 4.56. The number of rotatable bonds is 4. The molecule has 0 saturated carbocycles. The molecule has 1 unspecified atom stereocenters. The number of pyridine rings is 1. The third kappa shape index (κ3) is 3.82. The lowest BCUT2D eigenvalue weighted by Gasteiger charge is -2.22. The Labute approximate surface area is 187 Å². The van der Waals surface area contributed by atoms with Crippen LogP contribution in [-0.4, -0.2) is 49.5 Å². The number of nitrogens with two attached hydrogens (primary N) is 1. The van der Waals surface area contributed by atoms with Crippen LogP contribution in [0.25, 0.3) is 22.2 Å². The van der Waals surface area contributed by atoms with Gasteiger partial charge in [0.15, 0.2) is 0 Å². The van der Waals surface area contributed by atoms with Crippen molar-refractivity contribution in [3.05, 3.63) is 46.0 Å².